The van der Waals surface area contributed by atoms with Crippen molar-refractivity contribution in [3.05, 3.63) is 0 Å². The Balaban J connectivity index is 0. The summed E-state index contributed by atoms with van der Waals surface area (Å²) in [6, 6.07) is 0. The van der Waals surface area contributed by atoms with Crippen molar-refractivity contribution in [2.24, 2.45) is 0 Å². The molecule has 0 fully saturated rings. The second-order valence-electron chi connectivity index (χ2n) is 6.27. The van der Waals surface area contributed by atoms with Gasteiger partial charge in [-0.15, -0.1) is 34.8 Å². The van der Waals surface area contributed by atoms with Gasteiger partial charge in [0.1, 0.15) is 0 Å². The highest BCUT2D eigenvalue weighted by atomic mass is 35.5. The Bertz CT molecular complexity index is 472. The molecule has 3 atom stereocenters. The molecule has 0 saturated heterocycles. The van der Waals surface area contributed by atoms with Crippen LogP contribution in [0.25, 0.3) is 0 Å². The highest BCUT2D eigenvalue weighted by Crippen LogP contribution is 2.56. The number of hydrogen-bond acceptors (Lipinski definition) is 3. The minimum Gasteiger partial charge on any atom is -0.311 e. The molecule has 0 aliphatic rings. The standard InChI is InChI=1S/C12H24Cl3O3P.C4Cl2F8/c1-4-10(13)7-16-19(17-8-11(14)5-2)18-9-12(15)6-3;5-1(6,3(9,10)11)2(7,8)4(12,13)14/h10-12H,4-9H2,1-3H3;. The van der Waals surface area contributed by atoms with Crippen molar-refractivity contribution in [3.63, 3.8) is 0 Å². The first kappa shape index (κ1) is 36.4. The molecule has 0 radical (unpaired) electrons. The van der Waals surface area contributed by atoms with Crippen molar-refractivity contribution < 1.29 is 48.7 Å². The Kier molecular flexibility index (Phi) is 17.8. The first-order chi connectivity index (χ1) is 14.8. The van der Waals surface area contributed by atoms with Crippen LogP contribution in [-0.2, 0) is 13.6 Å². The lowest BCUT2D eigenvalue weighted by Gasteiger charge is -2.32. The summed E-state index contributed by atoms with van der Waals surface area (Å²) in [6.45, 7) is 7.22. The maximum absolute atomic E-state index is 12.1. The second kappa shape index (κ2) is 16.1. The van der Waals surface area contributed by atoms with Crippen molar-refractivity contribution in [1.29, 1.82) is 0 Å². The molecule has 0 saturated carbocycles. The van der Waals surface area contributed by atoms with E-state index in [9.17, 15) is 35.1 Å². The molecule has 0 aromatic heterocycles. The zero-order valence-electron chi connectivity index (χ0n) is 17.6. The van der Waals surface area contributed by atoms with E-state index >= 15 is 0 Å². The molecule has 0 aromatic rings. The van der Waals surface area contributed by atoms with Crippen LogP contribution in [0.1, 0.15) is 40.0 Å². The van der Waals surface area contributed by atoms with Gasteiger partial charge in [0.15, 0.2) is 0 Å². The molecule has 0 rings (SSSR count). The molecule has 0 bridgehead atoms. The molecule has 0 amide bonds. The molecular formula is C16H24Cl5F8O3P. The summed E-state index contributed by atoms with van der Waals surface area (Å²) in [4.78, 5) is 0. The van der Waals surface area contributed by atoms with Crippen LogP contribution in [0.4, 0.5) is 35.1 Å². The van der Waals surface area contributed by atoms with Gasteiger partial charge >= 0.3 is 26.9 Å². The Morgan fingerprint density at radius 3 is 1.03 bits per heavy atom. The van der Waals surface area contributed by atoms with Crippen LogP contribution in [0.3, 0.4) is 0 Å². The van der Waals surface area contributed by atoms with Crippen molar-refractivity contribution in [2.45, 2.75) is 78.8 Å². The largest absolute Gasteiger partial charge is 0.456 e. The summed E-state index contributed by atoms with van der Waals surface area (Å²) in [6.07, 6.45) is -10.1. The van der Waals surface area contributed by atoms with Crippen LogP contribution in [-0.4, -0.2) is 58.6 Å². The molecule has 0 spiro atoms. The third-order valence-electron chi connectivity index (χ3n) is 3.52. The summed E-state index contributed by atoms with van der Waals surface area (Å²) in [5, 5.41) is -0.102. The van der Waals surface area contributed by atoms with Gasteiger partial charge in [-0.05, 0) is 19.3 Å². The lowest BCUT2D eigenvalue weighted by atomic mass is 10.2. The monoisotopic (exact) mass is 622 g/mol. The van der Waals surface area contributed by atoms with Gasteiger partial charge in [-0.2, -0.15) is 35.1 Å². The molecule has 17 heteroatoms. The number of alkyl halides is 13. The fourth-order valence-electron chi connectivity index (χ4n) is 1.25. The van der Waals surface area contributed by atoms with Gasteiger partial charge in [0, 0.05) is 0 Å². The molecule has 0 aliphatic carbocycles. The quantitative estimate of drug-likeness (QED) is 0.116. The van der Waals surface area contributed by atoms with E-state index in [1.54, 1.807) is 0 Å². The third-order valence-corrected chi connectivity index (χ3v) is 6.80. The van der Waals surface area contributed by atoms with Crippen LogP contribution >= 0.6 is 66.6 Å². The predicted molar refractivity (Wildman–Crippen MR) is 116 cm³/mol. The first-order valence-electron chi connectivity index (χ1n) is 9.28. The van der Waals surface area contributed by atoms with E-state index in [-0.39, 0.29) is 16.1 Å². The van der Waals surface area contributed by atoms with Gasteiger partial charge in [0.2, 0.25) is 0 Å². The van der Waals surface area contributed by atoms with E-state index in [1.165, 1.54) is 0 Å². The van der Waals surface area contributed by atoms with E-state index in [0.29, 0.717) is 19.8 Å². The summed E-state index contributed by atoms with van der Waals surface area (Å²) < 4.78 is 105. The molecule has 3 nitrogen and oxygen atoms in total. The minimum absolute atomic E-state index is 0.0341. The predicted octanol–water partition coefficient (Wildman–Crippen LogP) is 9.24. The maximum Gasteiger partial charge on any atom is 0.456 e. The minimum atomic E-state index is -6.48. The topological polar surface area (TPSA) is 27.7 Å². The summed E-state index contributed by atoms with van der Waals surface area (Å²) in [5.74, 6) is -6.28. The lowest BCUT2D eigenvalue weighted by Crippen LogP contribution is -2.57. The molecule has 0 aliphatic heterocycles. The van der Waals surface area contributed by atoms with Crippen LogP contribution < -0.4 is 0 Å². The molecule has 0 aromatic carbocycles. The molecule has 33 heavy (non-hydrogen) atoms. The van der Waals surface area contributed by atoms with E-state index in [1.807, 2.05) is 20.8 Å². The first-order valence-corrected chi connectivity index (χ1v) is 12.4. The summed E-state index contributed by atoms with van der Waals surface area (Å²) >= 11 is 26.0. The highest BCUT2D eigenvalue weighted by molar-refractivity contribution is 7.41. The van der Waals surface area contributed by atoms with Crippen molar-refractivity contribution in [2.75, 3.05) is 19.8 Å². The van der Waals surface area contributed by atoms with E-state index in [2.05, 4.69) is 23.2 Å². The molecule has 202 valence electrons. The molecule has 0 N–H and O–H groups in total. The van der Waals surface area contributed by atoms with Gasteiger partial charge in [0.05, 0.1) is 36.0 Å². The molecule has 3 unspecified atom stereocenters. The summed E-state index contributed by atoms with van der Waals surface area (Å²) in [5.41, 5.74) is 0. The van der Waals surface area contributed by atoms with Crippen LogP contribution in [0.5, 0.6) is 0 Å². The van der Waals surface area contributed by atoms with Gasteiger partial charge in [-0.3, -0.25) is 0 Å². The average Bonchev–Trinajstić information content (AvgIpc) is 2.70. The number of hydrogen-bond donors (Lipinski definition) is 0. The fraction of sp³-hybridized carbons (Fsp3) is 1.00. The SMILES string of the molecule is CCC(Cl)COP(OCC(Cl)CC)OCC(Cl)CC.FC(F)(F)C(F)(F)C(Cl)(Cl)C(F)(F)F. The Morgan fingerprint density at radius 2 is 0.879 bits per heavy atom. The fourth-order valence-corrected chi connectivity index (χ4v) is 3.04. The van der Waals surface area contributed by atoms with Gasteiger partial charge in [-0.1, -0.05) is 44.0 Å². The van der Waals surface area contributed by atoms with Gasteiger partial charge in [0.25, 0.3) is 4.33 Å². The number of rotatable bonds is 13. The Labute approximate surface area is 213 Å². The molecule has 0 heterocycles. The van der Waals surface area contributed by atoms with E-state index < -0.39 is 31.2 Å². The van der Waals surface area contributed by atoms with Crippen molar-refractivity contribution in [3.8, 4) is 0 Å². The molecular weight excluding hydrogens is 600 g/mol. The van der Waals surface area contributed by atoms with Crippen LogP contribution in [0.15, 0.2) is 0 Å². The Morgan fingerprint density at radius 1 is 0.606 bits per heavy atom. The maximum atomic E-state index is 12.1. The number of halogens is 13. The normalized spacial score (nSPS) is 17.1. The zero-order valence-corrected chi connectivity index (χ0v) is 22.2. The smallest absolute Gasteiger partial charge is 0.311 e. The third kappa shape index (κ3) is 13.4. The van der Waals surface area contributed by atoms with Gasteiger partial charge in [-0.25, -0.2) is 0 Å². The Hall–Kier alpha value is 1.20. The van der Waals surface area contributed by atoms with Crippen LogP contribution in [0.2, 0.25) is 0 Å². The van der Waals surface area contributed by atoms with Crippen molar-refractivity contribution in [1.82, 2.24) is 0 Å². The van der Waals surface area contributed by atoms with E-state index in [4.69, 9.17) is 48.4 Å². The highest BCUT2D eigenvalue weighted by Gasteiger charge is 2.79. The zero-order chi connectivity index (χ0) is 26.7. The van der Waals surface area contributed by atoms with Crippen LogP contribution in [0, 0.1) is 0 Å². The van der Waals surface area contributed by atoms with Crippen molar-refractivity contribution >= 4 is 66.6 Å². The van der Waals surface area contributed by atoms with E-state index in [0.717, 1.165) is 19.3 Å². The summed E-state index contributed by atoms with van der Waals surface area (Å²) in [7, 11) is -1.43. The average molecular weight is 625 g/mol. The van der Waals surface area contributed by atoms with Gasteiger partial charge < -0.3 is 13.6 Å². The second-order valence-corrected chi connectivity index (χ2v) is 10.7. The lowest BCUT2D eigenvalue weighted by molar-refractivity contribution is -0.319.